The van der Waals surface area contributed by atoms with Crippen LogP contribution in [0, 0.1) is 27.6 Å². The highest BCUT2D eigenvalue weighted by Gasteiger charge is 2.62. The van der Waals surface area contributed by atoms with E-state index in [0.29, 0.717) is 0 Å². The number of nitrogens with one attached hydrogen (secondary N) is 3. The number of fused-ring (bicyclic) bond motifs is 1. The normalized spacial score (nSPS) is 29.8. The second kappa shape index (κ2) is 8.51. The first-order valence-electron chi connectivity index (χ1n) is 10.0. The van der Waals surface area contributed by atoms with Crippen molar-refractivity contribution in [3.05, 3.63) is 22.9 Å². The number of carbonyl (C=O) groups excluding carboxylic acids is 2. The van der Waals surface area contributed by atoms with Crippen LogP contribution in [-0.2, 0) is 14.3 Å². The molecule has 2 aliphatic carbocycles. The van der Waals surface area contributed by atoms with Crippen LogP contribution in [0.1, 0.15) is 19.8 Å². The number of nitrogens with zero attached hydrogens (tertiary/aromatic N) is 1. The third-order valence-corrected chi connectivity index (χ3v) is 6.74. The third-order valence-electron chi connectivity index (χ3n) is 6.43. The van der Waals surface area contributed by atoms with Gasteiger partial charge in [0.2, 0.25) is 5.91 Å². The summed E-state index contributed by atoms with van der Waals surface area (Å²) in [6.07, 6.45) is -1.21. The maximum absolute atomic E-state index is 13.1. The lowest BCUT2D eigenvalue weighted by Crippen LogP contribution is -2.54. The van der Waals surface area contributed by atoms with Gasteiger partial charge in [0.25, 0.3) is 5.91 Å². The summed E-state index contributed by atoms with van der Waals surface area (Å²) in [6, 6.07) is -0.700. The van der Waals surface area contributed by atoms with Crippen LogP contribution in [0.25, 0.3) is 0 Å². The molecule has 1 heterocycles. The van der Waals surface area contributed by atoms with E-state index in [1.54, 1.807) is 19.1 Å². The van der Waals surface area contributed by atoms with Gasteiger partial charge in [0, 0.05) is 31.8 Å². The molecule has 12 heteroatoms. The van der Waals surface area contributed by atoms with Crippen LogP contribution in [0.3, 0.4) is 0 Å². The van der Waals surface area contributed by atoms with Crippen molar-refractivity contribution in [2.24, 2.45) is 16.7 Å². The lowest BCUT2D eigenvalue weighted by molar-refractivity contribution is -0.144. The Balaban J connectivity index is 1.78. The van der Waals surface area contributed by atoms with E-state index in [0.717, 1.165) is 6.21 Å². The summed E-state index contributed by atoms with van der Waals surface area (Å²) >= 11 is 6.10. The Labute approximate surface area is 187 Å². The molecule has 0 aromatic rings. The lowest BCUT2D eigenvalue weighted by Gasteiger charge is -2.47. The van der Waals surface area contributed by atoms with Crippen LogP contribution >= 0.6 is 11.6 Å². The first-order chi connectivity index (χ1) is 14.9. The van der Waals surface area contributed by atoms with E-state index in [1.165, 1.54) is 4.90 Å². The largest absolute Gasteiger partial charge is 0.495 e. The van der Waals surface area contributed by atoms with Crippen LogP contribution in [0.2, 0.25) is 0 Å². The molecule has 4 N–H and O–H groups in total. The smallest absolute Gasteiger partial charge is 0.392 e. The number of alkyl halides is 3. The van der Waals surface area contributed by atoms with Crippen molar-refractivity contribution >= 4 is 35.3 Å². The average Bonchev–Trinajstić information content (AvgIpc) is 2.90. The molecule has 3 aliphatic rings. The molecule has 1 saturated heterocycles. The molecule has 0 spiro atoms. The SMILES string of the molecule is CC(N1CC2(C(=N)C(=O)NCCO)C=CC2C1=O)C1(C=N)CC(Cl)=C1OCCC(F)(F)F. The Kier molecular flexibility index (Phi) is 6.45. The molecule has 0 aromatic carbocycles. The van der Waals surface area contributed by atoms with Crippen LogP contribution in [0.5, 0.6) is 0 Å². The van der Waals surface area contributed by atoms with Crippen molar-refractivity contribution in [1.29, 1.82) is 10.8 Å². The average molecular weight is 477 g/mol. The molecule has 176 valence electrons. The highest BCUT2D eigenvalue weighted by atomic mass is 35.5. The zero-order valence-corrected chi connectivity index (χ0v) is 18.0. The minimum Gasteiger partial charge on any atom is -0.495 e. The van der Waals surface area contributed by atoms with Gasteiger partial charge in [-0.2, -0.15) is 13.2 Å². The highest BCUT2D eigenvalue weighted by Crippen LogP contribution is 2.55. The number of halogens is 4. The van der Waals surface area contributed by atoms with Gasteiger partial charge in [0.15, 0.2) is 0 Å². The van der Waals surface area contributed by atoms with E-state index in [1.807, 2.05) is 0 Å². The molecule has 4 unspecified atom stereocenters. The molecule has 0 radical (unpaired) electrons. The van der Waals surface area contributed by atoms with E-state index in [4.69, 9.17) is 32.3 Å². The van der Waals surface area contributed by atoms with Crippen molar-refractivity contribution in [1.82, 2.24) is 10.2 Å². The van der Waals surface area contributed by atoms with Crippen LogP contribution in [-0.4, -0.2) is 72.3 Å². The fourth-order valence-electron chi connectivity index (χ4n) is 4.43. The van der Waals surface area contributed by atoms with Gasteiger partial charge in [-0.3, -0.25) is 15.0 Å². The second-order valence-corrected chi connectivity index (χ2v) is 8.64. The number of aliphatic hydroxyl groups is 1. The first kappa shape index (κ1) is 24.2. The molecule has 1 fully saturated rings. The Morgan fingerprint density at radius 2 is 2.22 bits per heavy atom. The van der Waals surface area contributed by atoms with Gasteiger partial charge < -0.3 is 25.5 Å². The summed E-state index contributed by atoms with van der Waals surface area (Å²) in [5.41, 5.74) is -2.64. The molecule has 32 heavy (non-hydrogen) atoms. The summed E-state index contributed by atoms with van der Waals surface area (Å²) < 4.78 is 42.8. The summed E-state index contributed by atoms with van der Waals surface area (Å²) in [5, 5.41) is 27.7. The minimum absolute atomic E-state index is 0.00256. The van der Waals surface area contributed by atoms with Gasteiger partial charge in [0.1, 0.15) is 11.5 Å². The summed E-state index contributed by atoms with van der Waals surface area (Å²) in [4.78, 5) is 26.8. The molecule has 2 amide bonds. The quantitative estimate of drug-likeness (QED) is 0.284. The Hall–Kier alpha value is -2.40. The fraction of sp³-hybridized carbons (Fsp3) is 0.600. The number of amides is 2. The highest BCUT2D eigenvalue weighted by molar-refractivity contribution is 6.41. The summed E-state index contributed by atoms with van der Waals surface area (Å²) in [7, 11) is 0. The number of aliphatic hydroxyl groups excluding tert-OH is 1. The molecule has 1 aliphatic heterocycles. The topological polar surface area (TPSA) is 127 Å². The standard InChI is InChI=1S/C20H24ClF3N4O4/c1-11(19(9-25)8-13(21)15(19)32-7-4-20(22,23)24)28-10-18(3-2-12(18)17(28)31)14(26)16(30)27-5-6-29/h2-3,9,11-12,25-26,29H,4-8,10H2,1H3,(H,27,30). The van der Waals surface area contributed by atoms with Crippen LogP contribution < -0.4 is 5.32 Å². The number of ether oxygens (including phenoxy) is 1. The Morgan fingerprint density at radius 3 is 2.72 bits per heavy atom. The summed E-state index contributed by atoms with van der Waals surface area (Å²) in [5.74, 6) is -1.73. The van der Waals surface area contributed by atoms with E-state index in [9.17, 15) is 22.8 Å². The maximum atomic E-state index is 13.1. The van der Waals surface area contributed by atoms with Gasteiger partial charge in [-0.15, -0.1) is 0 Å². The molecular weight excluding hydrogens is 453 g/mol. The minimum atomic E-state index is -4.41. The molecule has 4 atom stereocenters. The van der Waals surface area contributed by atoms with Gasteiger partial charge >= 0.3 is 6.18 Å². The molecule has 8 nitrogen and oxygen atoms in total. The second-order valence-electron chi connectivity index (χ2n) is 8.18. The maximum Gasteiger partial charge on any atom is 0.392 e. The van der Waals surface area contributed by atoms with Gasteiger partial charge in [0.05, 0.1) is 41.4 Å². The van der Waals surface area contributed by atoms with E-state index < -0.39 is 47.9 Å². The van der Waals surface area contributed by atoms with E-state index >= 15 is 0 Å². The lowest BCUT2D eigenvalue weighted by atomic mass is 9.65. The number of allylic oxidation sites excluding steroid dienone is 1. The zero-order valence-electron chi connectivity index (χ0n) is 17.3. The van der Waals surface area contributed by atoms with Crippen LogP contribution in [0.15, 0.2) is 22.9 Å². The van der Waals surface area contributed by atoms with Gasteiger partial charge in [-0.05, 0) is 6.92 Å². The predicted molar refractivity (Wildman–Crippen MR) is 109 cm³/mol. The van der Waals surface area contributed by atoms with Crippen molar-refractivity contribution in [3.8, 4) is 0 Å². The predicted octanol–water partition coefficient (Wildman–Crippen LogP) is 1.98. The monoisotopic (exact) mass is 476 g/mol. The van der Waals surface area contributed by atoms with Gasteiger partial charge in [-0.1, -0.05) is 23.8 Å². The summed E-state index contributed by atoms with van der Waals surface area (Å²) in [6.45, 7) is 0.670. The fourth-order valence-corrected chi connectivity index (χ4v) is 4.88. The molecule has 0 saturated carbocycles. The molecule has 0 aromatic heterocycles. The van der Waals surface area contributed by atoms with Crippen molar-refractivity contribution in [2.45, 2.75) is 32.0 Å². The molecular formula is C20H24ClF3N4O4. The number of hydrogen-bond donors (Lipinski definition) is 4. The third kappa shape index (κ3) is 3.81. The molecule has 0 bridgehead atoms. The Bertz CT molecular complexity index is 906. The number of hydrogen-bond acceptors (Lipinski definition) is 6. The van der Waals surface area contributed by atoms with Gasteiger partial charge in [-0.25, -0.2) is 0 Å². The van der Waals surface area contributed by atoms with E-state index in [-0.39, 0.29) is 48.5 Å². The van der Waals surface area contributed by atoms with Crippen molar-refractivity contribution in [2.75, 3.05) is 26.3 Å². The number of carbonyl (C=O) groups is 2. The van der Waals surface area contributed by atoms with Crippen LogP contribution in [0.4, 0.5) is 13.2 Å². The van der Waals surface area contributed by atoms with E-state index in [2.05, 4.69) is 5.32 Å². The zero-order chi connectivity index (χ0) is 23.9. The molecule has 3 rings (SSSR count). The number of rotatable bonds is 10. The van der Waals surface area contributed by atoms with Crippen molar-refractivity contribution < 1.29 is 32.6 Å². The Morgan fingerprint density at radius 1 is 1.53 bits per heavy atom. The van der Waals surface area contributed by atoms with Crippen molar-refractivity contribution in [3.63, 3.8) is 0 Å². The first-order valence-corrected chi connectivity index (χ1v) is 10.4. The number of likely N-dealkylation sites (tertiary alicyclic amines) is 1.